The quantitative estimate of drug-likeness (QED) is 0.372. The second-order valence-corrected chi connectivity index (χ2v) is 8.69. The number of carbonyl (C=O) groups is 2. The standard InChI is InChI=1S/C21H22N4O4S2/c1-13-5-4-6-15(9-13)22-19(27)12-30-21-25-24-20(31-21)23-18(26)11-14-7-8-16(28-2)17(10-14)29-3/h4-10H,11-12H2,1-3H3,(H,22,27)(H,23,24,26). The van der Waals surface area contributed by atoms with Crippen molar-refractivity contribution in [2.24, 2.45) is 0 Å². The number of aryl methyl sites for hydroxylation is 1. The van der Waals surface area contributed by atoms with Gasteiger partial charge < -0.3 is 20.1 Å². The lowest BCUT2D eigenvalue weighted by molar-refractivity contribution is -0.115. The maximum Gasteiger partial charge on any atom is 0.234 e. The molecule has 0 fully saturated rings. The normalized spacial score (nSPS) is 10.4. The van der Waals surface area contributed by atoms with E-state index in [0.29, 0.717) is 21.0 Å². The topological polar surface area (TPSA) is 102 Å². The molecule has 0 aliphatic carbocycles. The zero-order chi connectivity index (χ0) is 22.2. The molecule has 0 atom stereocenters. The van der Waals surface area contributed by atoms with Crippen LogP contribution in [0.25, 0.3) is 0 Å². The first-order valence-corrected chi connectivity index (χ1v) is 11.1. The van der Waals surface area contributed by atoms with Crippen LogP contribution in [0.15, 0.2) is 46.8 Å². The number of thioether (sulfide) groups is 1. The molecule has 0 aliphatic heterocycles. The van der Waals surface area contributed by atoms with Crippen molar-refractivity contribution in [1.82, 2.24) is 10.2 Å². The fourth-order valence-corrected chi connectivity index (χ4v) is 4.27. The van der Waals surface area contributed by atoms with Crippen molar-refractivity contribution in [2.45, 2.75) is 17.7 Å². The van der Waals surface area contributed by atoms with Gasteiger partial charge in [0.1, 0.15) is 0 Å². The Balaban J connectivity index is 1.49. The molecule has 10 heteroatoms. The van der Waals surface area contributed by atoms with Crippen LogP contribution in [0.1, 0.15) is 11.1 Å². The van der Waals surface area contributed by atoms with Gasteiger partial charge in [0, 0.05) is 5.69 Å². The molecule has 0 spiro atoms. The van der Waals surface area contributed by atoms with Gasteiger partial charge in [-0.05, 0) is 42.3 Å². The second-order valence-electron chi connectivity index (χ2n) is 6.49. The number of benzene rings is 2. The summed E-state index contributed by atoms with van der Waals surface area (Å²) in [4.78, 5) is 24.4. The first-order valence-electron chi connectivity index (χ1n) is 9.30. The van der Waals surface area contributed by atoms with Crippen molar-refractivity contribution in [3.05, 3.63) is 53.6 Å². The van der Waals surface area contributed by atoms with Crippen LogP contribution in [-0.4, -0.2) is 42.0 Å². The molecule has 0 unspecified atom stereocenters. The van der Waals surface area contributed by atoms with E-state index in [1.807, 2.05) is 31.2 Å². The lowest BCUT2D eigenvalue weighted by atomic mass is 10.1. The molecule has 1 heterocycles. The summed E-state index contributed by atoms with van der Waals surface area (Å²) in [5.41, 5.74) is 2.61. The fourth-order valence-electron chi connectivity index (χ4n) is 2.71. The van der Waals surface area contributed by atoms with E-state index >= 15 is 0 Å². The molecule has 3 rings (SSSR count). The minimum atomic E-state index is -0.225. The average molecular weight is 459 g/mol. The van der Waals surface area contributed by atoms with E-state index in [1.165, 1.54) is 23.1 Å². The molecule has 0 saturated heterocycles. The summed E-state index contributed by atoms with van der Waals surface area (Å²) in [5, 5.41) is 13.9. The van der Waals surface area contributed by atoms with Gasteiger partial charge >= 0.3 is 0 Å². The molecule has 3 aromatic rings. The highest BCUT2D eigenvalue weighted by Gasteiger charge is 2.13. The monoisotopic (exact) mass is 458 g/mol. The molecule has 162 valence electrons. The van der Waals surface area contributed by atoms with Crippen molar-refractivity contribution in [1.29, 1.82) is 0 Å². The van der Waals surface area contributed by atoms with Gasteiger partial charge in [-0.15, -0.1) is 10.2 Å². The zero-order valence-electron chi connectivity index (χ0n) is 17.3. The van der Waals surface area contributed by atoms with Crippen LogP contribution in [0.2, 0.25) is 0 Å². The van der Waals surface area contributed by atoms with Gasteiger partial charge in [0.05, 0.1) is 26.4 Å². The lowest BCUT2D eigenvalue weighted by Gasteiger charge is -2.09. The second kappa shape index (κ2) is 10.8. The van der Waals surface area contributed by atoms with Gasteiger partial charge in [0.2, 0.25) is 16.9 Å². The number of carbonyl (C=O) groups excluding carboxylic acids is 2. The highest BCUT2D eigenvalue weighted by Crippen LogP contribution is 2.28. The van der Waals surface area contributed by atoms with Crippen molar-refractivity contribution in [3.63, 3.8) is 0 Å². The van der Waals surface area contributed by atoms with Crippen molar-refractivity contribution in [2.75, 3.05) is 30.6 Å². The van der Waals surface area contributed by atoms with Gasteiger partial charge in [0.15, 0.2) is 15.8 Å². The fraction of sp³-hybridized carbons (Fsp3) is 0.238. The minimum Gasteiger partial charge on any atom is -0.493 e. The van der Waals surface area contributed by atoms with Crippen LogP contribution in [0.3, 0.4) is 0 Å². The molecule has 8 nitrogen and oxygen atoms in total. The Kier molecular flexibility index (Phi) is 7.85. The Morgan fingerprint density at radius 2 is 1.81 bits per heavy atom. The predicted octanol–water partition coefficient (Wildman–Crippen LogP) is 3.78. The highest BCUT2D eigenvalue weighted by atomic mass is 32.2. The number of hydrogen-bond acceptors (Lipinski definition) is 8. The predicted molar refractivity (Wildman–Crippen MR) is 122 cm³/mol. The van der Waals surface area contributed by atoms with Crippen LogP contribution >= 0.6 is 23.1 Å². The molecule has 0 radical (unpaired) electrons. The van der Waals surface area contributed by atoms with Crippen LogP contribution in [-0.2, 0) is 16.0 Å². The number of nitrogens with one attached hydrogen (secondary N) is 2. The van der Waals surface area contributed by atoms with Crippen molar-refractivity contribution < 1.29 is 19.1 Å². The molecule has 0 bridgehead atoms. The highest BCUT2D eigenvalue weighted by molar-refractivity contribution is 8.01. The largest absolute Gasteiger partial charge is 0.493 e. The van der Waals surface area contributed by atoms with Gasteiger partial charge in [-0.25, -0.2) is 0 Å². The molecule has 31 heavy (non-hydrogen) atoms. The SMILES string of the molecule is COc1ccc(CC(=O)Nc2nnc(SCC(=O)Nc3cccc(C)c3)s2)cc1OC. The summed E-state index contributed by atoms with van der Waals surface area (Å²) in [6, 6.07) is 12.9. The average Bonchev–Trinajstić information content (AvgIpc) is 3.19. The molecule has 1 aromatic heterocycles. The van der Waals surface area contributed by atoms with E-state index in [1.54, 1.807) is 32.4 Å². The summed E-state index contributed by atoms with van der Waals surface area (Å²) < 4.78 is 11.1. The zero-order valence-corrected chi connectivity index (χ0v) is 18.9. The van der Waals surface area contributed by atoms with Crippen molar-refractivity contribution in [3.8, 4) is 11.5 Å². The Hall–Kier alpha value is -3.11. The molecule has 0 saturated carbocycles. The smallest absolute Gasteiger partial charge is 0.234 e. The number of rotatable bonds is 9. The molecular weight excluding hydrogens is 436 g/mol. The number of methoxy groups -OCH3 is 2. The third kappa shape index (κ3) is 6.69. The Labute approximate surface area is 188 Å². The molecule has 0 aliphatic rings. The molecular formula is C21H22N4O4S2. The number of hydrogen-bond donors (Lipinski definition) is 2. The third-order valence-electron chi connectivity index (χ3n) is 4.09. The van der Waals surface area contributed by atoms with E-state index in [0.717, 1.165) is 16.8 Å². The van der Waals surface area contributed by atoms with Crippen LogP contribution in [0.5, 0.6) is 11.5 Å². The number of anilines is 2. The van der Waals surface area contributed by atoms with Crippen LogP contribution in [0.4, 0.5) is 10.8 Å². The number of aromatic nitrogens is 2. The first kappa shape index (κ1) is 22.6. The number of amides is 2. The lowest BCUT2D eigenvalue weighted by Crippen LogP contribution is -2.14. The summed E-state index contributed by atoms with van der Waals surface area (Å²) in [6.07, 6.45) is 0.154. The van der Waals surface area contributed by atoms with Gasteiger partial charge in [-0.3, -0.25) is 9.59 Å². The number of ether oxygens (including phenoxy) is 2. The van der Waals surface area contributed by atoms with Gasteiger partial charge in [-0.2, -0.15) is 0 Å². The minimum absolute atomic E-state index is 0.134. The van der Waals surface area contributed by atoms with Crippen LogP contribution in [0, 0.1) is 6.92 Å². The van der Waals surface area contributed by atoms with E-state index in [2.05, 4.69) is 20.8 Å². The van der Waals surface area contributed by atoms with Gasteiger partial charge in [0.25, 0.3) is 0 Å². The molecule has 2 amide bonds. The summed E-state index contributed by atoms with van der Waals surface area (Å²) in [6.45, 7) is 1.96. The summed E-state index contributed by atoms with van der Waals surface area (Å²) in [7, 11) is 3.10. The van der Waals surface area contributed by atoms with E-state index in [9.17, 15) is 9.59 Å². The van der Waals surface area contributed by atoms with Gasteiger partial charge in [-0.1, -0.05) is 41.3 Å². The summed E-state index contributed by atoms with van der Waals surface area (Å²) >= 11 is 2.48. The van der Waals surface area contributed by atoms with Crippen molar-refractivity contribution >= 4 is 45.7 Å². The molecule has 2 aromatic carbocycles. The van der Waals surface area contributed by atoms with E-state index < -0.39 is 0 Å². The third-order valence-corrected chi connectivity index (χ3v) is 6.07. The number of nitrogens with zero attached hydrogens (tertiary/aromatic N) is 2. The van der Waals surface area contributed by atoms with Crippen LogP contribution < -0.4 is 20.1 Å². The van der Waals surface area contributed by atoms with E-state index in [-0.39, 0.29) is 24.0 Å². The Morgan fingerprint density at radius 3 is 2.55 bits per heavy atom. The summed E-state index contributed by atoms with van der Waals surface area (Å²) in [5.74, 6) is 1.000. The van der Waals surface area contributed by atoms with E-state index in [4.69, 9.17) is 9.47 Å². The Bertz CT molecular complexity index is 1070. The maximum absolute atomic E-state index is 12.3. The Morgan fingerprint density at radius 1 is 1.00 bits per heavy atom. The molecule has 2 N–H and O–H groups in total. The maximum atomic E-state index is 12.3. The first-order chi connectivity index (χ1) is 15.0.